The fourth-order valence-electron chi connectivity index (χ4n) is 3.50. The zero-order valence-corrected chi connectivity index (χ0v) is 20.2. The molecule has 6 nitrogen and oxygen atoms in total. The van der Waals surface area contributed by atoms with Crippen LogP contribution in [0.1, 0.15) is 59.6 Å². The van der Waals surface area contributed by atoms with Crippen molar-refractivity contribution in [1.82, 2.24) is 10.2 Å². The van der Waals surface area contributed by atoms with Crippen LogP contribution in [0.3, 0.4) is 0 Å². The molecule has 1 aromatic rings. The third-order valence-electron chi connectivity index (χ3n) is 4.87. The Kier molecular flexibility index (Phi) is 7.12. The van der Waals surface area contributed by atoms with Crippen LogP contribution >= 0.6 is 11.8 Å². The molecule has 0 aromatic heterocycles. The Labute approximate surface area is 193 Å². The molecule has 2 heterocycles. The van der Waals surface area contributed by atoms with Gasteiger partial charge in [-0.3, -0.25) is 4.79 Å². The lowest BCUT2D eigenvalue weighted by atomic mass is 9.93. The van der Waals surface area contributed by atoms with Crippen molar-refractivity contribution in [2.45, 2.75) is 59.6 Å². The van der Waals surface area contributed by atoms with Gasteiger partial charge in [0.15, 0.2) is 5.17 Å². The van der Waals surface area contributed by atoms with Gasteiger partial charge >= 0.3 is 5.97 Å². The molecule has 0 saturated heterocycles. The molecule has 0 fully saturated rings. The van der Waals surface area contributed by atoms with Crippen molar-refractivity contribution in [3.8, 4) is 0 Å². The lowest BCUT2D eigenvalue weighted by Crippen LogP contribution is -2.39. The number of amides is 1. The van der Waals surface area contributed by atoms with E-state index >= 15 is 0 Å². The van der Waals surface area contributed by atoms with Gasteiger partial charge in [-0.15, -0.1) is 0 Å². The summed E-state index contributed by atoms with van der Waals surface area (Å²) in [5.41, 5.74) is 1.02. The number of esters is 1. The van der Waals surface area contributed by atoms with E-state index in [0.717, 1.165) is 0 Å². The zero-order valence-electron chi connectivity index (χ0n) is 19.4. The van der Waals surface area contributed by atoms with Crippen LogP contribution in [0.4, 0.5) is 4.39 Å². The molecule has 8 heteroatoms. The number of hydrogen-bond acceptors (Lipinski definition) is 6. The van der Waals surface area contributed by atoms with Crippen molar-refractivity contribution < 1.29 is 18.7 Å². The summed E-state index contributed by atoms with van der Waals surface area (Å²) >= 11 is 1.36. The molecule has 0 bridgehead atoms. The van der Waals surface area contributed by atoms with Crippen LogP contribution in [0.25, 0.3) is 0 Å². The predicted octanol–water partition coefficient (Wildman–Crippen LogP) is 4.90. The number of aliphatic imine (C=N–C) groups is 1. The minimum atomic E-state index is -0.780. The second kappa shape index (κ2) is 9.48. The minimum Gasteiger partial charge on any atom is -0.456 e. The molecule has 2 aliphatic heterocycles. The number of hydrogen-bond donors (Lipinski definition) is 1. The highest BCUT2D eigenvalue weighted by atomic mass is 32.2. The highest BCUT2D eigenvalue weighted by molar-refractivity contribution is 8.16. The number of ether oxygens (including phenoxy) is 1. The van der Waals surface area contributed by atoms with Gasteiger partial charge in [0, 0.05) is 17.8 Å². The molecule has 0 spiro atoms. The number of benzene rings is 1. The number of rotatable bonds is 6. The predicted molar refractivity (Wildman–Crippen MR) is 125 cm³/mol. The Morgan fingerprint density at radius 2 is 1.97 bits per heavy atom. The number of carbonyl (C=O) groups is 2. The Hall–Kier alpha value is -2.61. The normalized spacial score (nSPS) is 18.4. The summed E-state index contributed by atoms with van der Waals surface area (Å²) in [7, 11) is 0. The number of amidine groups is 1. The number of nitrogens with zero attached hydrogens (tertiary/aromatic N) is 2. The second-order valence-electron chi connectivity index (χ2n) is 9.29. The molecular weight excluding hydrogens is 429 g/mol. The summed E-state index contributed by atoms with van der Waals surface area (Å²) in [5, 5.41) is 5.36. The average Bonchev–Trinajstić information content (AvgIpc) is 3.06. The van der Waals surface area contributed by atoms with E-state index in [1.165, 1.54) is 17.8 Å². The van der Waals surface area contributed by atoms with Gasteiger partial charge in [0.25, 0.3) is 0 Å². The second-order valence-corrected chi connectivity index (χ2v) is 10.1. The van der Waals surface area contributed by atoms with E-state index in [1.807, 2.05) is 19.3 Å². The molecule has 1 N–H and O–H groups in total. The molecule has 32 heavy (non-hydrogen) atoms. The van der Waals surface area contributed by atoms with Crippen molar-refractivity contribution in [3.05, 3.63) is 58.0 Å². The van der Waals surface area contributed by atoms with Crippen LogP contribution in [0.15, 0.2) is 51.6 Å². The van der Waals surface area contributed by atoms with E-state index in [-0.39, 0.29) is 17.9 Å². The molecular formula is C24H30FN3O3S. The van der Waals surface area contributed by atoms with Crippen LogP contribution < -0.4 is 5.32 Å². The largest absolute Gasteiger partial charge is 0.456 e. The van der Waals surface area contributed by atoms with Crippen LogP contribution in [0.5, 0.6) is 0 Å². The lowest BCUT2D eigenvalue weighted by molar-refractivity contribution is -0.150. The van der Waals surface area contributed by atoms with Gasteiger partial charge in [0.2, 0.25) is 5.91 Å². The summed E-state index contributed by atoms with van der Waals surface area (Å²) in [4.78, 5) is 32.1. The van der Waals surface area contributed by atoms with E-state index in [0.29, 0.717) is 34.6 Å². The van der Waals surface area contributed by atoms with Crippen molar-refractivity contribution >= 4 is 28.8 Å². The van der Waals surface area contributed by atoms with E-state index in [1.54, 1.807) is 50.8 Å². The molecule has 0 aliphatic carbocycles. The third kappa shape index (κ3) is 5.41. The Morgan fingerprint density at radius 1 is 1.28 bits per heavy atom. The van der Waals surface area contributed by atoms with E-state index in [2.05, 4.69) is 10.3 Å². The first kappa shape index (κ1) is 24.0. The summed E-state index contributed by atoms with van der Waals surface area (Å²) < 4.78 is 20.6. The Balaban J connectivity index is 2.02. The fraction of sp³-hybridized carbons (Fsp3) is 0.458. The third-order valence-corrected chi connectivity index (χ3v) is 5.76. The molecule has 1 unspecified atom stereocenters. The highest BCUT2D eigenvalue weighted by Gasteiger charge is 2.42. The average molecular weight is 460 g/mol. The number of carbonyl (C=O) groups excluding carboxylic acids is 2. The Morgan fingerprint density at radius 3 is 2.59 bits per heavy atom. The van der Waals surface area contributed by atoms with Gasteiger partial charge in [-0.25, -0.2) is 14.2 Å². The van der Waals surface area contributed by atoms with Crippen molar-refractivity contribution in [3.63, 3.8) is 0 Å². The number of nitrogens with one attached hydrogen (secondary N) is 1. The smallest absolute Gasteiger partial charge is 0.338 e. The molecule has 172 valence electrons. The van der Waals surface area contributed by atoms with E-state index < -0.39 is 23.4 Å². The van der Waals surface area contributed by atoms with Crippen molar-refractivity contribution in [2.75, 3.05) is 6.54 Å². The standard InChI is InChI=1S/C24H30FN3O3S/c1-14(2)12-26-19(29)11-16-13-32-23-27-15(3)20(22(30)31-24(4,5)6)21(28(16)23)17-9-7-8-10-18(17)25/h7-10,13-14,21H,11-12H2,1-6H3,(H,26,29). The van der Waals surface area contributed by atoms with Gasteiger partial charge in [-0.1, -0.05) is 43.8 Å². The lowest BCUT2D eigenvalue weighted by Gasteiger charge is -2.37. The number of halogens is 1. The van der Waals surface area contributed by atoms with Crippen LogP contribution in [0, 0.1) is 11.7 Å². The first-order valence-corrected chi connectivity index (χ1v) is 11.5. The first-order chi connectivity index (χ1) is 15.0. The highest BCUT2D eigenvalue weighted by Crippen LogP contribution is 2.45. The van der Waals surface area contributed by atoms with Gasteiger partial charge in [0.1, 0.15) is 11.4 Å². The summed E-state index contributed by atoms with van der Waals surface area (Å²) in [6.45, 7) is 11.7. The van der Waals surface area contributed by atoms with E-state index in [9.17, 15) is 14.0 Å². The Bertz CT molecular complexity index is 1010. The molecule has 0 radical (unpaired) electrons. The quantitative estimate of drug-likeness (QED) is 0.613. The number of thioether (sulfide) groups is 1. The summed E-state index contributed by atoms with van der Waals surface area (Å²) in [5.74, 6) is -0.794. The van der Waals surface area contributed by atoms with Crippen LogP contribution in [-0.4, -0.2) is 34.1 Å². The maximum atomic E-state index is 15.0. The fourth-order valence-corrected chi connectivity index (χ4v) is 4.46. The van der Waals surface area contributed by atoms with E-state index in [4.69, 9.17) is 4.74 Å². The van der Waals surface area contributed by atoms with Gasteiger partial charge < -0.3 is 15.0 Å². The summed E-state index contributed by atoms with van der Waals surface area (Å²) in [6.07, 6.45) is 0.102. The zero-order chi connectivity index (χ0) is 23.6. The molecule has 1 atom stereocenters. The topological polar surface area (TPSA) is 71.0 Å². The van der Waals surface area contributed by atoms with Crippen LogP contribution in [-0.2, 0) is 14.3 Å². The van der Waals surface area contributed by atoms with Crippen LogP contribution in [0.2, 0.25) is 0 Å². The maximum Gasteiger partial charge on any atom is 0.338 e. The first-order valence-electron chi connectivity index (χ1n) is 10.7. The maximum absolute atomic E-state index is 15.0. The van der Waals surface area contributed by atoms with Crippen molar-refractivity contribution in [1.29, 1.82) is 0 Å². The number of allylic oxidation sites excluding steroid dienone is 1. The SMILES string of the molecule is CC1=C(C(=O)OC(C)(C)C)C(c2ccccc2F)N2C(CC(=O)NCC(C)C)=CSC2=N1. The number of fused-ring (bicyclic) bond motifs is 1. The molecule has 1 aromatic carbocycles. The van der Waals surface area contributed by atoms with Crippen molar-refractivity contribution in [2.24, 2.45) is 10.9 Å². The van der Waals surface area contributed by atoms with Gasteiger partial charge in [-0.05, 0) is 45.1 Å². The molecule has 2 aliphatic rings. The minimum absolute atomic E-state index is 0.102. The van der Waals surface area contributed by atoms with Gasteiger partial charge in [0.05, 0.1) is 23.7 Å². The van der Waals surface area contributed by atoms with Gasteiger partial charge in [-0.2, -0.15) is 0 Å². The monoisotopic (exact) mass is 459 g/mol. The summed E-state index contributed by atoms with van der Waals surface area (Å²) in [6, 6.07) is 5.58. The molecule has 1 amide bonds. The molecule has 0 saturated carbocycles. The molecule has 3 rings (SSSR count).